The first kappa shape index (κ1) is 12.6. The number of aromatic nitrogens is 3. The van der Waals surface area contributed by atoms with Crippen LogP contribution in [0.2, 0.25) is 0 Å². The normalized spacial score (nSPS) is 11.1. The van der Waals surface area contributed by atoms with E-state index in [1.165, 1.54) is 0 Å². The van der Waals surface area contributed by atoms with Crippen LogP contribution in [-0.2, 0) is 6.54 Å². The van der Waals surface area contributed by atoms with Gasteiger partial charge in [-0.3, -0.25) is 0 Å². The van der Waals surface area contributed by atoms with Gasteiger partial charge in [-0.05, 0) is 30.7 Å². The molecule has 0 aliphatic rings. The molecule has 0 amide bonds. The maximum Gasteiger partial charge on any atom is 0.160 e. The van der Waals surface area contributed by atoms with Crippen molar-refractivity contribution in [2.45, 2.75) is 13.0 Å². The van der Waals surface area contributed by atoms with Crippen LogP contribution in [0, 0.1) is 0 Å². The molecular formula is C15H15N3O2. The Morgan fingerprint density at radius 3 is 2.85 bits per heavy atom. The SMILES string of the molecule is OCCCn1c(-c2cccc(O)c2)nc2cccnc21. The van der Waals surface area contributed by atoms with Gasteiger partial charge in [-0.15, -0.1) is 0 Å². The third kappa shape index (κ3) is 2.23. The molecule has 0 aliphatic carbocycles. The van der Waals surface area contributed by atoms with Crippen molar-refractivity contribution in [3.63, 3.8) is 0 Å². The lowest BCUT2D eigenvalue weighted by Crippen LogP contribution is -2.03. The lowest BCUT2D eigenvalue weighted by Gasteiger charge is -2.07. The first-order valence-electron chi connectivity index (χ1n) is 6.51. The molecule has 0 bridgehead atoms. The van der Waals surface area contributed by atoms with Crippen molar-refractivity contribution in [2.24, 2.45) is 0 Å². The zero-order valence-corrected chi connectivity index (χ0v) is 10.9. The summed E-state index contributed by atoms with van der Waals surface area (Å²) in [4.78, 5) is 8.94. The van der Waals surface area contributed by atoms with Gasteiger partial charge in [0, 0.05) is 24.9 Å². The summed E-state index contributed by atoms with van der Waals surface area (Å²) >= 11 is 0. The Bertz CT molecular complexity index is 737. The molecule has 0 atom stereocenters. The van der Waals surface area contributed by atoms with Crippen LogP contribution in [0.1, 0.15) is 6.42 Å². The van der Waals surface area contributed by atoms with Crippen LogP contribution in [0.3, 0.4) is 0 Å². The van der Waals surface area contributed by atoms with E-state index in [1.54, 1.807) is 24.4 Å². The number of phenolic OH excluding ortho intramolecular Hbond substituents is 1. The van der Waals surface area contributed by atoms with Gasteiger partial charge in [0.25, 0.3) is 0 Å². The lowest BCUT2D eigenvalue weighted by molar-refractivity contribution is 0.280. The zero-order valence-electron chi connectivity index (χ0n) is 10.9. The number of imidazole rings is 1. The molecule has 0 spiro atoms. The van der Waals surface area contributed by atoms with Crippen LogP contribution in [0.5, 0.6) is 5.75 Å². The number of aliphatic hydroxyl groups excluding tert-OH is 1. The highest BCUT2D eigenvalue weighted by molar-refractivity contribution is 5.77. The molecule has 0 radical (unpaired) electrons. The molecule has 0 saturated heterocycles. The van der Waals surface area contributed by atoms with E-state index in [1.807, 2.05) is 22.8 Å². The topological polar surface area (TPSA) is 71.2 Å². The van der Waals surface area contributed by atoms with Crippen molar-refractivity contribution in [2.75, 3.05) is 6.61 Å². The van der Waals surface area contributed by atoms with Crippen LogP contribution < -0.4 is 0 Å². The summed E-state index contributed by atoms with van der Waals surface area (Å²) in [6.45, 7) is 0.751. The Morgan fingerprint density at radius 1 is 1.15 bits per heavy atom. The molecule has 3 rings (SSSR count). The second kappa shape index (κ2) is 5.30. The van der Waals surface area contributed by atoms with Gasteiger partial charge < -0.3 is 14.8 Å². The minimum Gasteiger partial charge on any atom is -0.508 e. The highest BCUT2D eigenvalue weighted by Crippen LogP contribution is 2.26. The predicted octanol–water partition coefficient (Wildman–Crippen LogP) is 2.19. The Kier molecular flexibility index (Phi) is 3.35. The molecule has 5 heteroatoms. The highest BCUT2D eigenvalue weighted by Gasteiger charge is 2.13. The summed E-state index contributed by atoms with van der Waals surface area (Å²) in [5, 5.41) is 18.7. The lowest BCUT2D eigenvalue weighted by atomic mass is 10.2. The van der Waals surface area contributed by atoms with Gasteiger partial charge in [-0.2, -0.15) is 0 Å². The summed E-state index contributed by atoms with van der Waals surface area (Å²) < 4.78 is 1.97. The Labute approximate surface area is 116 Å². The standard InChI is InChI=1S/C15H15N3O2/c19-9-3-8-18-14(11-4-1-5-12(20)10-11)17-13-6-2-7-16-15(13)18/h1-2,4-7,10,19-20H,3,8-9H2. The highest BCUT2D eigenvalue weighted by atomic mass is 16.3. The second-order valence-corrected chi connectivity index (χ2v) is 4.56. The Balaban J connectivity index is 2.18. The van der Waals surface area contributed by atoms with E-state index < -0.39 is 0 Å². The first-order valence-corrected chi connectivity index (χ1v) is 6.51. The van der Waals surface area contributed by atoms with E-state index in [2.05, 4.69) is 9.97 Å². The predicted molar refractivity (Wildman–Crippen MR) is 76.3 cm³/mol. The van der Waals surface area contributed by atoms with Gasteiger partial charge in [-0.1, -0.05) is 12.1 Å². The third-order valence-electron chi connectivity index (χ3n) is 3.15. The smallest absolute Gasteiger partial charge is 0.160 e. The number of rotatable bonds is 4. The van der Waals surface area contributed by atoms with Crippen molar-refractivity contribution in [3.8, 4) is 17.1 Å². The van der Waals surface area contributed by atoms with E-state index >= 15 is 0 Å². The fraction of sp³-hybridized carbons (Fsp3) is 0.200. The van der Waals surface area contributed by atoms with Crippen molar-refractivity contribution in [1.29, 1.82) is 0 Å². The maximum atomic E-state index is 9.62. The molecule has 2 aromatic heterocycles. The van der Waals surface area contributed by atoms with E-state index in [-0.39, 0.29) is 12.4 Å². The minimum atomic E-state index is 0.117. The van der Waals surface area contributed by atoms with Crippen molar-refractivity contribution in [1.82, 2.24) is 14.5 Å². The molecule has 1 aromatic carbocycles. The van der Waals surface area contributed by atoms with Crippen molar-refractivity contribution < 1.29 is 10.2 Å². The summed E-state index contributed by atoms with van der Waals surface area (Å²) in [7, 11) is 0. The number of fused-ring (bicyclic) bond motifs is 1. The molecule has 2 N–H and O–H groups in total. The van der Waals surface area contributed by atoms with Crippen LogP contribution in [0.25, 0.3) is 22.6 Å². The average Bonchev–Trinajstić information content (AvgIpc) is 2.84. The molecule has 2 heterocycles. The molecule has 20 heavy (non-hydrogen) atoms. The quantitative estimate of drug-likeness (QED) is 0.761. The van der Waals surface area contributed by atoms with E-state index in [4.69, 9.17) is 5.11 Å². The van der Waals surface area contributed by atoms with Crippen LogP contribution in [0.15, 0.2) is 42.6 Å². The van der Waals surface area contributed by atoms with E-state index in [9.17, 15) is 5.11 Å². The van der Waals surface area contributed by atoms with Crippen LogP contribution >= 0.6 is 0 Å². The molecule has 102 valence electrons. The molecule has 0 fully saturated rings. The monoisotopic (exact) mass is 269 g/mol. The number of hydrogen-bond acceptors (Lipinski definition) is 4. The van der Waals surface area contributed by atoms with Crippen molar-refractivity contribution in [3.05, 3.63) is 42.6 Å². The Hall–Kier alpha value is -2.40. The first-order chi connectivity index (χ1) is 9.79. The minimum absolute atomic E-state index is 0.117. The Morgan fingerprint density at radius 2 is 2.05 bits per heavy atom. The summed E-state index contributed by atoms with van der Waals surface area (Å²) in [5.74, 6) is 0.958. The van der Waals surface area contributed by atoms with Gasteiger partial charge in [-0.25, -0.2) is 9.97 Å². The fourth-order valence-corrected chi connectivity index (χ4v) is 2.26. The van der Waals surface area contributed by atoms with Gasteiger partial charge in [0.2, 0.25) is 0 Å². The maximum absolute atomic E-state index is 9.62. The van der Waals surface area contributed by atoms with Crippen molar-refractivity contribution >= 4 is 11.2 Å². The van der Waals surface area contributed by atoms with Gasteiger partial charge in [0.15, 0.2) is 5.65 Å². The molecule has 0 unspecified atom stereocenters. The zero-order chi connectivity index (χ0) is 13.9. The number of aromatic hydroxyl groups is 1. The van der Waals surface area contributed by atoms with E-state index in [0.717, 1.165) is 22.6 Å². The molecule has 5 nitrogen and oxygen atoms in total. The summed E-state index contributed by atoms with van der Waals surface area (Å²) in [6.07, 6.45) is 2.36. The molecule has 0 aliphatic heterocycles. The van der Waals surface area contributed by atoms with Crippen LogP contribution in [-0.4, -0.2) is 31.4 Å². The fourth-order valence-electron chi connectivity index (χ4n) is 2.26. The number of aryl methyl sites for hydroxylation is 1. The third-order valence-corrected chi connectivity index (χ3v) is 3.15. The summed E-state index contributed by atoms with van der Waals surface area (Å²) in [5.41, 5.74) is 2.43. The van der Waals surface area contributed by atoms with Gasteiger partial charge >= 0.3 is 0 Å². The number of pyridine rings is 1. The average molecular weight is 269 g/mol. The van der Waals surface area contributed by atoms with Crippen LogP contribution in [0.4, 0.5) is 0 Å². The number of benzene rings is 1. The van der Waals surface area contributed by atoms with Gasteiger partial charge in [0.1, 0.15) is 17.1 Å². The van der Waals surface area contributed by atoms with E-state index in [0.29, 0.717) is 13.0 Å². The second-order valence-electron chi connectivity index (χ2n) is 4.56. The van der Waals surface area contributed by atoms with Gasteiger partial charge in [0.05, 0.1) is 0 Å². The number of hydrogen-bond donors (Lipinski definition) is 2. The number of nitrogens with zero attached hydrogens (tertiary/aromatic N) is 3. The molecule has 0 saturated carbocycles. The number of aliphatic hydroxyl groups is 1. The molecular weight excluding hydrogens is 254 g/mol. The number of phenols is 1. The summed E-state index contributed by atoms with van der Waals surface area (Å²) in [6, 6.07) is 10.7. The molecule has 3 aromatic rings. The largest absolute Gasteiger partial charge is 0.508 e.